The van der Waals surface area contributed by atoms with Crippen LogP contribution in [-0.4, -0.2) is 0 Å². The Labute approximate surface area is 144 Å². The van der Waals surface area contributed by atoms with Gasteiger partial charge in [-0.3, -0.25) is 0 Å². The van der Waals surface area contributed by atoms with Gasteiger partial charge in [0.2, 0.25) is 0 Å². The van der Waals surface area contributed by atoms with E-state index in [1.807, 2.05) is 30.5 Å². The van der Waals surface area contributed by atoms with Gasteiger partial charge in [0.05, 0.1) is 6.26 Å². The first kappa shape index (κ1) is 16.1. The zero-order valence-corrected chi connectivity index (χ0v) is 13.8. The molecule has 3 aromatic rings. The lowest BCUT2D eigenvalue weighted by atomic mass is 9.99. The van der Waals surface area contributed by atoms with Crippen molar-refractivity contribution in [1.82, 2.24) is 0 Å². The summed E-state index contributed by atoms with van der Waals surface area (Å²) in [6, 6.07) is 31.3. The number of rotatable bonds is 7. The predicted molar refractivity (Wildman–Crippen MR) is 100 cm³/mol. The Kier molecular flexibility index (Phi) is 5.85. The minimum Gasteiger partial charge on any atom is -0.496 e. The SMILES string of the molecule is C(/OCc1ccccc1)=C(/CCc1ccccc1)c1ccccc1. The molecule has 0 radical (unpaired) electrons. The molecule has 0 aromatic heterocycles. The van der Waals surface area contributed by atoms with Crippen LogP contribution in [0.2, 0.25) is 0 Å². The highest BCUT2D eigenvalue weighted by Gasteiger charge is 2.03. The van der Waals surface area contributed by atoms with Crippen molar-refractivity contribution in [2.45, 2.75) is 19.4 Å². The molecule has 120 valence electrons. The molecule has 0 amide bonds. The van der Waals surface area contributed by atoms with Crippen LogP contribution in [0.15, 0.2) is 97.3 Å². The Balaban J connectivity index is 1.68. The Bertz CT molecular complexity index is 746. The molecule has 1 nitrogen and oxygen atoms in total. The van der Waals surface area contributed by atoms with Gasteiger partial charge in [0.25, 0.3) is 0 Å². The van der Waals surface area contributed by atoms with Crippen molar-refractivity contribution in [3.63, 3.8) is 0 Å². The summed E-state index contributed by atoms with van der Waals surface area (Å²) in [5.74, 6) is 0. The standard InChI is InChI=1S/C23H22O/c1-4-10-20(11-5-1)16-17-23(22-14-8-3-9-15-22)19-24-18-21-12-6-2-7-13-21/h1-15,19H,16-18H2/b23-19+. The lowest BCUT2D eigenvalue weighted by Gasteiger charge is -2.09. The van der Waals surface area contributed by atoms with E-state index in [-0.39, 0.29) is 0 Å². The van der Waals surface area contributed by atoms with Gasteiger partial charge in [-0.05, 0) is 35.1 Å². The van der Waals surface area contributed by atoms with E-state index in [2.05, 4.69) is 66.7 Å². The summed E-state index contributed by atoms with van der Waals surface area (Å²) in [6.07, 6.45) is 3.89. The lowest BCUT2D eigenvalue weighted by Crippen LogP contribution is -1.92. The first-order chi connectivity index (χ1) is 11.9. The minimum absolute atomic E-state index is 0.600. The molecule has 0 aliphatic rings. The molecule has 24 heavy (non-hydrogen) atoms. The van der Waals surface area contributed by atoms with Gasteiger partial charge in [-0.2, -0.15) is 0 Å². The second kappa shape index (κ2) is 8.73. The zero-order valence-electron chi connectivity index (χ0n) is 13.8. The van der Waals surface area contributed by atoms with Crippen LogP contribution in [0.4, 0.5) is 0 Å². The first-order valence-electron chi connectivity index (χ1n) is 8.36. The van der Waals surface area contributed by atoms with Gasteiger partial charge in [-0.1, -0.05) is 91.0 Å². The molecule has 0 fully saturated rings. The van der Waals surface area contributed by atoms with Crippen molar-refractivity contribution < 1.29 is 4.74 Å². The summed E-state index contributed by atoms with van der Waals surface area (Å²) in [5.41, 5.74) is 4.99. The normalized spacial score (nSPS) is 11.2. The van der Waals surface area contributed by atoms with E-state index in [9.17, 15) is 0 Å². The van der Waals surface area contributed by atoms with E-state index in [1.165, 1.54) is 22.3 Å². The van der Waals surface area contributed by atoms with E-state index in [1.54, 1.807) is 0 Å². The molecular formula is C23H22O. The van der Waals surface area contributed by atoms with Gasteiger partial charge in [0.15, 0.2) is 0 Å². The first-order valence-corrected chi connectivity index (χ1v) is 8.36. The topological polar surface area (TPSA) is 9.23 Å². The summed E-state index contributed by atoms with van der Waals surface area (Å²) >= 11 is 0. The highest BCUT2D eigenvalue weighted by atomic mass is 16.5. The van der Waals surface area contributed by atoms with Crippen LogP contribution >= 0.6 is 0 Å². The maximum atomic E-state index is 5.86. The van der Waals surface area contributed by atoms with Gasteiger partial charge >= 0.3 is 0 Å². The highest BCUT2D eigenvalue weighted by molar-refractivity contribution is 5.64. The molecule has 1 heteroatoms. The number of ether oxygens (including phenoxy) is 1. The quantitative estimate of drug-likeness (QED) is 0.495. The average Bonchev–Trinajstić information content (AvgIpc) is 2.67. The molecule has 0 heterocycles. The molecule has 0 spiro atoms. The van der Waals surface area contributed by atoms with Crippen LogP contribution in [0.1, 0.15) is 23.1 Å². The average molecular weight is 314 g/mol. The smallest absolute Gasteiger partial charge is 0.112 e. The van der Waals surface area contributed by atoms with Crippen LogP contribution < -0.4 is 0 Å². The predicted octanol–water partition coefficient (Wildman–Crippen LogP) is 5.88. The lowest BCUT2D eigenvalue weighted by molar-refractivity contribution is 0.237. The fourth-order valence-electron chi connectivity index (χ4n) is 2.66. The van der Waals surface area contributed by atoms with Crippen LogP contribution in [-0.2, 0) is 17.8 Å². The molecule has 0 saturated heterocycles. The van der Waals surface area contributed by atoms with Gasteiger partial charge in [0.1, 0.15) is 6.61 Å². The molecule has 0 atom stereocenters. The number of allylic oxidation sites excluding steroid dienone is 1. The Morgan fingerprint density at radius 3 is 1.83 bits per heavy atom. The number of hydrogen-bond acceptors (Lipinski definition) is 1. The summed E-state index contributed by atoms with van der Waals surface area (Å²) < 4.78 is 5.86. The summed E-state index contributed by atoms with van der Waals surface area (Å²) in [4.78, 5) is 0. The molecule has 3 aromatic carbocycles. The zero-order chi connectivity index (χ0) is 16.5. The van der Waals surface area contributed by atoms with Crippen molar-refractivity contribution in [3.05, 3.63) is 114 Å². The van der Waals surface area contributed by atoms with Crippen molar-refractivity contribution in [2.75, 3.05) is 0 Å². The summed E-state index contributed by atoms with van der Waals surface area (Å²) in [6.45, 7) is 0.600. The molecule has 3 rings (SSSR count). The Hall–Kier alpha value is -2.80. The van der Waals surface area contributed by atoms with Crippen molar-refractivity contribution in [3.8, 4) is 0 Å². The number of hydrogen-bond donors (Lipinski definition) is 0. The molecule has 0 unspecified atom stereocenters. The summed E-state index contributed by atoms with van der Waals surface area (Å²) in [5, 5.41) is 0. The molecule has 0 N–H and O–H groups in total. The van der Waals surface area contributed by atoms with Crippen LogP contribution in [0, 0.1) is 0 Å². The Morgan fingerprint density at radius 2 is 1.21 bits per heavy atom. The Morgan fingerprint density at radius 1 is 0.667 bits per heavy atom. The van der Waals surface area contributed by atoms with E-state index >= 15 is 0 Å². The van der Waals surface area contributed by atoms with Gasteiger partial charge in [0, 0.05) is 0 Å². The molecular weight excluding hydrogens is 292 g/mol. The third-order valence-electron chi connectivity index (χ3n) is 3.99. The maximum absolute atomic E-state index is 5.86. The van der Waals surface area contributed by atoms with Crippen LogP contribution in [0.25, 0.3) is 5.57 Å². The van der Waals surface area contributed by atoms with E-state index in [4.69, 9.17) is 4.74 Å². The fourth-order valence-corrected chi connectivity index (χ4v) is 2.66. The van der Waals surface area contributed by atoms with E-state index in [0.29, 0.717) is 6.61 Å². The second-order valence-electron chi connectivity index (χ2n) is 5.79. The largest absolute Gasteiger partial charge is 0.496 e. The molecule has 0 saturated carbocycles. The van der Waals surface area contributed by atoms with E-state index < -0.39 is 0 Å². The van der Waals surface area contributed by atoms with Gasteiger partial charge < -0.3 is 4.74 Å². The molecule has 0 aliphatic carbocycles. The third kappa shape index (κ3) is 4.85. The van der Waals surface area contributed by atoms with Crippen molar-refractivity contribution >= 4 is 5.57 Å². The van der Waals surface area contributed by atoms with Crippen LogP contribution in [0.5, 0.6) is 0 Å². The summed E-state index contributed by atoms with van der Waals surface area (Å²) in [7, 11) is 0. The monoisotopic (exact) mass is 314 g/mol. The second-order valence-corrected chi connectivity index (χ2v) is 5.79. The number of aryl methyl sites for hydroxylation is 1. The van der Waals surface area contributed by atoms with Gasteiger partial charge in [-0.25, -0.2) is 0 Å². The van der Waals surface area contributed by atoms with Gasteiger partial charge in [-0.15, -0.1) is 0 Å². The van der Waals surface area contributed by atoms with Crippen LogP contribution in [0.3, 0.4) is 0 Å². The van der Waals surface area contributed by atoms with E-state index in [0.717, 1.165) is 12.8 Å². The molecule has 0 bridgehead atoms. The minimum atomic E-state index is 0.600. The maximum Gasteiger partial charge on any atom is 0.112 e. The third-order valence-corrected chi connectivity index (χ3v) is 3.99. The van der Waals surface area contributed by atoms with Crippen molar-refractivity contribution in [1.29, 1.82) is 0 Å². The van der Waals surface area contributed by atoms with Crippen molar-refractivity contribution in [2.24, 2.45) is 0 Å². The number of benzene rings is 3. The fraction of sp³-hybridized carbons (Fsp3) is 0.130. The molecule has 0 aliphatic heterocycles. The highest BCUT2D eigenvalue weighted by Crippen LogP contribution is 2.21.